The number of H-pyrrole nitrogens is 1. The Bertz CT molecular complexity index is 1320. The second-order valence-corrected chi connectivity index (χ2v) is 11.8. The zero-order chi connectivity index (χ0) is 26.2. The lowest BCUT2D eigenvalue weighted by Gasteiger charge is -2.27. The van der Waals surface area contributed by atoms with Gasteiger partial charge in [-0.15, -0.1) is 0 Å². The van der Waals surface area contributed by atoms with Gasteiger partial charge in [0.15, 0.2) is 0 Å². The highest BCUT2D eigenvalue weighted by Crippen LogP contribution is 2.60. The number of ether oxygens (including phenoxy) is 1. The van der Waals surface area contributed by atoms with Gasteiger partial charge in [0.2, 0.25) is 0 Å². The first-order chi connectivity index (χ1) is 18.5. The second-order valence-electron chi connectivity index (χ2n) is 10.4. The van der Waals surface area contributed by atoms with Crippen molar-refractivity contribution in [3.8, 4) is 0 Å². The van der Waals surface area contributed by atoms with E-state index in [0.29, 0.717) is 12.0 Å². The highest BCUT2D eigenvalue weighted by Gasteiger charge is 2.52. The van der Waals surface area contributed by atoms with Gasteiger partial charge in [-0.3, -0.25) is 14.3 Å². The molecule has 3 aromatic rings. The predicted octanol–water partition coefficient (Wildman–Crippen LogP) is 4.85. The molecule has 0 saturated carbocycles. The summed E-state index contributed by atoms with van der Waals surface area (Å²) in [6.45, 7) is 4.71. The van der Waals surface area contributed by atoms with E-state index in [1.54, 1.807) is 13.1 Å². The van der Waals surface area contributed by atoms with E-state index in [4.69, 9.17) is 13.8 Å². The zero-order valence-corrected chi connectivity index (χ0v) is 22.6. The van der Waals surface area contributed by atoms with E-state index in [9.17, 15) is 9.59 Å². The van der Waals surface area contributed by atoms with Crippen molar-refractivity contribution < 1.29 is 13.8 Å². The number of fused-ring (bicyclic) bond motifs is 1. The number of aromatic nitrogens is 2. The number of rotatable bonds is 7. The smallest absolute Gasteiger partial charge is 0.330 e. The standard InChI is InChI=1S/C29H34N3O5P/c1-3-23-24(17-25(35-23)31-18-19(2)28(33)30-29(31)34)36-38-32-16-10-15-22(32)27(37-38)26(20-11-6-4-7-12-20)21-13-8-5-9-14-21/h4-9,11-14,18,22-27H,3,10,15-17H2,1-2H3,(H,30,33,34)/t22-,23+,24?,25+,27-,38+/m0/s1. The van der Waals surface area contributed by atoms with Crippen molar-refractivity contribution in [1.82, 2.24) is 14.2 Å². The largest absolute Gasteiger partial charge is 0.352 e. The number of benzene rings is 2. The molecule has 3 saturated heterocycles. The molecule has 0 amide bonds. The van der Waals surface area contributed by atoms with Crippen LogP contribution in [0.2, 0.25) is 0 Å². The topological polar surface area (TPSA) is 85.8 Å². The molecule has 2 aromatic carbocycles. The lowest BCUT2D eigenvalue weighted by Crippen LogP contribution is -2.33. The van der Waals surface area contributed by atoms with Crippen molar-refractivity contribution >= 4 is 8.53 Å². The maximum absolute atomic E-state index is 12.5. The number of hydrogen-bond donors (Lipinski definition) is 1. The molecule has 3 aliphatic rings. The number of nitrogens with zero attached hydrogens (tertiary/aromatic N) is 2. The van der Waals surface area contributed by atoms with E-state index in [2.05, 4.69) is 77.2 Å². The SMILES string of the molecule is CC[C@H]1O[C@@H](n2cc(C)c(=O)[nH]c2=O)CC1O[P@]1O[C@H](C(c2ccccc2)c2ccccc2)[C@@H]2CCCN21. The first-order valence-corrected chi connectivity index (χ1v) is 14.6. The number of aromatic amines is 1. The maximum atomic E-state index is 12.5. The second kappa shape index (κ2) is 10.9. The van der Waals surface area contributed by atoms with Crippen LogP contribution in [0, 0.1) is 6.92 Å². The Morgan fingerprint density at radius 3 is 2.42 bits per heavy atom. The Morgan fingerprint density at radius 1 is 1.08 bits per heavy atom. The van der Waals surface area contributed by atoms with E-state index >= 15 is 0 Å². The van der Waals surface area contributed by atoms with Crippen molar-refractivity contribution in [3.63, 3.8) is 0 Å². The Kier molecular flexibility index (Phi) is 7.34. The molecule has 200 valence electrons. The summed E-state index contributed by atoms with van der Waals surface area (Å²) >= 11 is 0. The fourth-order valence-electron chi connectivity index (χ4n) is 6.07. The number of aryl methyl sites for hydroxylation is 1. The minimum Gasteiger partial charge on any atom is -0.352 e. The van der Waals surface area contributed by atoms with E-state index in [0.717, 1.165) is 25.8 Å². The van der Waals surface area contributed by atoms with Crippen LogP contribution in [0.5, 0.6) is 0 Å². The molecule has 0 radical (unpaired) electrons. The van der Waals surface area contributed by atoms with Gasteiger partial charge in [0.05, 0.1) is 18.3 Å². The van der Waals surface area contributed by atoms with E-state index in [1.165, 1.54) is 15.7 Å². The molecule has 4 heterocycles. The third-order valence-corrected chi connectivity index (χ3v) is 9.77. The van der Waals surface area contributed by atoms with Crippen LogP contribution < -0.4 is 11.2 Å². The summed E-state index contributed by atoms with van der Waals surface area (Å²) < 4.78 is 23.8. The fraction of sp³-hybridized carbons (Fsp3) is 0.448. The van der Waals surface area contributed by atoms with Crippen LogP contribution in [0.4, 0.5) is 0 Å². The van der Waals surface area contributed by atoms with Gasteiger partial charge in [-0.2, -0.15) is 0 Å². The zero-order valence-electron chi connectivity index (χ0n) is 21.7. The number of hydrogen-bond acceptors (Lipinski definition) is 6. The first-order valence-electron chi connectivity index (χ1n) is 13.5. The Hall–Kier alpha value is -2.61. The van der Waals surface area contributed by atoms with Crippen molar-refractivity contribution in [1.29, 1.82) is 0 Å². The Balaban J connectivity index is 1.25. The van der Waals surface area contributed by atoms with Gasteiger partial charge in [0, 0.05) is 36.7 Å². The van der Waals surface area contributed by atoms with Gasteiger partial charge in [-0.05, 0) is 37.3 Å². The molecular formula is C29H34N3O5P. The molecule has 1 N–H and O–H groups in total. The van der Waals surface area contributed by atoms with Crippen LogP contribution in [-0.4, -0.2) is 45.1 Å². The van der Waals surface area contributed by atoms with E-state index < -0.39 is 20.4 Å². The van der Waals surface area contributed by atoms with Crippen LogP contribution in [0.15, 0.2) is 76.4 Å². The Labute approximate surface area is 223 Å². The minimum absolute atomic E-state index is 0.0175. The lowest BCUT2D eigenvalue weighted by molar-refractivity contribution is -0.0190. The van der Waals surface area contributed by atoms with Crippen LogP contribution >= 0.6 is 8.53 Å². The van der Waals surface area contributed by atoms with E-state index in [-0.39, 0.29) is 35.8 Å². The maximum Gasteiger partial charge on any atom is 0.330 e. The first kappa shape index (κ1) is 25.7. The molecule has 38 heavy (non-hydrogen) atoms. The number of nitrogens with one attached hydrogen (secondary N) is 1. The monoisotopic (exact) mass is 535 g/mol. The third kappa shape index (κ3) is 4.80. The average Bonchev–Trinajstić information content (AvgIpc) is 3.65. The summed E-state index contributed by atoms with van der Waals surface area (Å²) in [6.07, 6.45) is 4.18. The summed E-state index contributed by atoms with van der Waals surface area (Å²) in [5, 5.41) is 0. The highest BCUT2D eigenvalue weighted by molar-refractivity contribution is 7.45. The molecule has 6 atom stereocenters. The van der Waals surface area contributed by atoms with Crippen molar-refractivity contribution in [2.45, 2.75) is 76.0 Å². The molecule has 1 unspecified atom stereocenters. The molecular weight excluding hydrogens is 501 g/mol. The van der Waals surface area contributed by atoms with Crippen LogP contribution in [-0.2, 0) is 13.8 Å². The Morgan fingerprint density at radius 2 is 1.76 bits per heavy atom. The summed E-state index contributed by atoms with van der Waals surface area (Å²) in [5.74, 6) is 0.108. The van der Waals surface area contributed by atoms with Crippen LogP contribution in [0.1, 0.15) is 61.4 Å². The fourth-order valence-corrected chi connectivity index (χ4v) is 8.08. The van der Waals surface area contributed by atoms with Crippen molar-refractivity contribution in [2.24, 2.45) is 0 Å². The van der Waals surface area contributed by atoms with Crippen molar-refractivity contribution in [3.05, 3.63) is 104 Å². The predicted molar refractivity (Wildman–Crippen MR) is 146 cm³/mol. The summed E-state index contributed by atoms with van der Waals surface area (Å²) in [6, 6.07) is 21.5. The quantitative estimate of drug-likeness (QED) is 0.436. The molecule has 3 fully saturated rings. The van der Waals surface area contributed by atoms with E-state index in [1.807, 2.05) is 0 Å². The summed E-state index contributed by atoms with van der Waals surface area (Å²) in [7, 11) is -1.28. The van der Waals surface area contributed by atoms with Gasteiger partial charge in [0.25, 0.3) is 14.1 Å². The summed E-state index contributed by atoms with van der Waals surface area (Å²) in [4.78, 5) is 26.8. The van der Waals surface area contributed by atoms with Crippen LogP contribution in [0.25, 0.3) is 0 Å². The molecule has 0 bridgehead atoms. The van der Waals surface area contributed by atoms with Gasteiger partial charge in [-0.1, -0.05) is 67.6 Å². The molecule has 6 rings (SSSR count). The highest BCUT2D eigenvalue weighted by atomic mass is 31.2. The molecule has 3 aliphatic heterocycles. The van der Waals surface area contributed by atoms with Crippen LogP contribution in [0.3, 0.4) is 0 Å². The molecule has 0 aliphatic carbocycles. The molecule has 8 nitrogen and oxygen atoms in total. The molecule has 0 spiro atoms. The van der Waals surface area contributed by atoms with Gasteiger partial charge >= 0.3 is 5.69 Å². The molecule has 9 heteroatoms. The minimum atomic E-state index is -1.28. The normalized spacial score (nSPS) is 29.2. The van der Waals surface area contributed by atoms with Gasteiger partial charge in [0.1, 0.15) is 6.23 Å². The third-order valence-electron chi connectivity index (χ3n) is 7.98. The summed E-state index contributed by atoms with van der Waals surface area (Å²) in [5.41, 5.74) is 2.14. The average molecular weight is 536 g/mol. The van der Waals surface area contributed by atoms with Crippen molar-refractivity contribution in [2.75, 3.05) is 6.54 Å². The van der Waals surface area contributed by atoms with Gasteiger partial charge in [-0.25, -0.2) is 9.46 Å². The lowest BCUT2D eigenvalue weighted by atomic mass is 9.83. The molecule has 1 aromatic heterocycles. The van der Waals surface area contributed by atoms with Gasteiger partial charge < -0.3 is 13.8 Å².